The molecule has 11 heavy (non-hydrogen) atoms. The number of aromatic nitrogens is 2. The summed E-state index contributed by atoms with van der Waals surface area (Å²) in [6.45, 7) is 2.37. The molecular formula is C7H13N2O2+. The highest BCUT2D eigenvalue weighted by Gasteiger charge is 2.06. The van der Waals surface area contributed by atoms with Gasteiger partial charge in [0.15, 0.2) is 6.23 Å². The average Bonchev–Trinajstić information content (AvgIpc) is 2.37. The molecule has 0 fully saturated rings. The minimum absolute atomic E-state index is 0.120. The lowest BCUT2D eigenvalue weighted by atomic mass is 10.6. The first-order chi connectivity index (χ1) is 5.24. The van der Waals surface area contributed by atoms with Crippen LogP contribution < -0.4 is 4.57 Å². The van der Waals surface area contributed by atoms with Crippen LogP contribution in [0.25, 0.3) is 0 Å². The number of nitrogens with zero attached hydrogens (tertiary/aromatic N) is 2. The lowest BCUT2D eigenvalue weighted by Gasteiger charge is -1.95. The second-order valence-corrected chi connectivity index (χ2v) is 2.45. The van der Waals surface area contributed by atoms with Gasteiger partial charge < -0.3 is 10.2 Å². The van der Waals surface area contributed by atoms with E-state index in [-0.39, 0.29) is 6.61 Å². The summed E-state index contributed by atoms with van der Waals surface area (Å²) in [5.41, 5.74) is 0. The Balaban J connectivity index is 2.66. The summed E-state index contributed by atoms with van der Waals surface area (Å²) < 4.78 is 3.47. The van der Waals surface area contributed by atoms with Gasteiger partial charge in [0.25, 0.3) is 0 Å². The van der Waals surface area contributed by atoms with E-state index in [1.54, 1.807) is 24.0 Å². The van der Waals surface area contributed by atoms with Crippen LogP contribution in [0.2, 0.25) is 0 Å². The lowest BCUT2D eigenvalue weighted by molar-refractivity contribution is -0.697. The Bertz CT molecular complexity index is 220. The Labute approximate surface area is 65.3 Å². The Morgan fingerprint density at radius 2 is 2.36 bits per heavy atom. The van der Waals surface area contributed by atoms with Gasteiger partial charge in [0.05, 0.1) is 6.61 Å². The highest BCUT2D eigenvalue weighted by Crippen LogP contribution is 1.95. The van der Waals surface area contributed by atoms with Crippen LogP contribution in [-0.2, 0) is 6.54 Å². The molecule has 1 unspecified atom stereocenters. The molecule has 0 aromatic carbocycles. The van der Waals surface area contributed by atoms with Crippen LogP contribution in [0, 0.1) is 0 Å². The Morgan fingerprint density at radius 3 is 2.82 bits per heavy atom. The van der Waals surface area contributed by atoms with Gasteiger partial charge in [0.2, 0.25) is 6.33 Å². The number of rotatable bonds is 3. The van der Waals surface area contributed by atoms with Crippen LogP contribution in [-0.4, -0.2) is 21.4 Å². The third-order valence-corrected chi connectivity index (χ3v) is 1.50. The van der Waals surface area contributed by atoms with Crippen LogP contribution >= 0.6 is 0 Å². The quantitative estimate of drug-likeness (QED) is 0.569. The molecule has 4 heteroatoms. The van der Waals surface area contributed by atoms with E-state index < -0.39 is 6.23 Å². The third kappa shape index (κ3) is 2.03. The number of hydrogen-bond acceptors (Lipinski definition) is 2. The van der Waals surface area contributed by atoms with Gasteiger partial charge >= 0.3 is 0 Å². The van der Waals surface area contributed by atoms with Gasteiger partial charge in [-0.25, -0.2) is 9.13 Å². The van der Waals surface area contributed by atoms with E-state index in [9.17, 15) is 0 Å². The largest absolute Gasteiger partial charge is 0.392 e. The third-order valence-electron chi connectivity index (χ3n) is 1.50. The minimum Gasteiger partial charge on any atom is -0.392 e. The van der Waals surface area contributed by atoms with E-state index in [1.807, 2.05) is 10.8 Å². The van der Waals surface area contributed by atoms with Crippen molar-refractivity contribution in [3.05, 3.63) is 18.7 Å². The summed E-state index contributed by atoms with van der Waals surface area (Å²) >= 11 is 0. The molecule has 0 spiro atoms. The molecule has 0 amide bonds. The molecule has 4 nitrogen and oxygen atoms in total. The molecule has 0 saturated heterocycles. The van der Waals surface area contributed by atoms with E-state index in [1.165, 1.54) is 0 Å². The zero-order valence-electron chi connectivity index (χ0n) is 6.51. The molecule has 0 aliphatic carbocycles. The normalized spacial score (nSPS) is 13.4. The molecule has 0 radical (unpaired) electrons. The molecule has 1 heterocycles. The zero-order chi connectivity index (χ0) is 8.27. The van der Waals surface area contributed by atoms with Crippen LogP contribution in [0.1, 0.15) is 13.2 Å². The number of imidazole rings is 1. The zero-order valence-corrected chi connectivity index (χ0v) is 6.51. The predicted molar refractivity (Wildman–Crippen MR) is 38.6 cm³/mol. The molecule has 1 aromatic heterocycles. The van der Waals surface area contributed by atoms with E-state index in [0.29, 0.717) is 6.54 Å². The second-order valence-electron chi connectivity index (χ2n) is 2.45. The molecule has 62 valence electrons. The Hall–Kier alpha value is -0.870. The first-order valence-electron chi connectivity index (χ1n) is 3.59. The Kier molecular flexibility index (Phi) is 2.62. The summed E-state index contributed by atoms with van der Waals surface area (Å²) in [4.78, 5) is 0. The minimum atomic E-state index is -0.505. The molecule has 1 aromatic rings. The highest BCUT2D eigenvalue weighted by molar-refractivity contribution is 4.67. The van der Waals surface area contributed by atoms with Gasteiger partial charge in [-0.3, -0.25) is 0 Å². The van der Waals surface area contributed by atoms with Crippen molar-refractivity contribution >= 4 is 0 Å². The van der Waals surface area contributed by atoms with Crippen molar-refractivity contribution < 1.29 is 14.8 Å². The maximum absolute atomic E-state index is 9.09. The monoisotopic (exact) mass is 157 g/mol. The van der Waals surface area contributed by atoms with Crippen LogP contribution in [0.3, 0.4) is 0 Å². The SMILES string of the molecule is CC(O)n1cc[n+](CCO)c1. The van der Waals surface area contributed by atoms with Crippen molar-refractivity contribution in [2.24, 2.45) is 0 Å². The van der Waals surface area contributed by atoms with E-state index in [4.69, 9.17) is 10.2 Å². The van der Waals surface area contributed by atoms with Crippen molar-refractivity contribution in [3.63, 3.8) is 0 Å². The fraction of sp³-hybridized carbons (Fsp3) is 0.571. The molecule has 0 aliphatic rings. The number of hydrogen-bond donors (Lipinski definition) is 2. The van der Waals surface area contributed by atoms with Crippen molar-refractivity contribution in [1.82, 2.24) is 4.57 Å². The molecule has 0 bridgehead atoms. The molecular weight excluding hydrogens is 144 g/mol. The van der Waals surface area contributed by atoms with Gasteiger partial charge in [0.1, 0.15) is 18.9 Å². The fourth-order valence-corrected chi connectivity index (χ4v) is 0.880. The van der Waals surface area contributed by atoms with Crippen molar-refractivity contribution in [1.29, 1.82) is 0 Å². The summed E-state index contributed by atoms with van der Waals surface area (Å²) in [6.07, 6.45) is 4.82. The number of aliphatic hydroxyl groups excluding tert-OH is 2. The maximum Gasteiger partial charge on any atom is 0.245 e. The second kappa shape index (κ2) is 3.50. The van der Waals surface area contributed by atoms with Crippen molar-refractivity contribution in [2.75, 3.05) is 6.61 Å². The standard InChI is InChI=1S/C7H13N2O2/c1-7(11)9-3-2-8(6-9)4-5-10/h2-3,6-7,10-11H,4-5H2,1H3/q+1. The summed E-state index contributed by atoms with van der Waals surface area (Å²) in [5, 5.41) is 17.7. The fourth-order valence-electron chi connectivity index (χ4n) is 0.880. The van der Waals surface area contributed by atoms with E-state index in [0.717, 1.165) is 0 Å². The smallest absolute Gasteiger partial charge is 0.245 e. The predicted octanol–water partition coefficient (Wildman–Crippen LogP) is -0.721. The molecule has 1 atom stereocenters. The van der Waals surface area contributed by atoms with Gasteiger partial charge in [-0.05, 0) is 0 Å². The van der Waals surface area contributed by atoms with E-state index in [2.05, 4.69) is 0 Å². The van der Waals surface area contributed by atoms with Crippen LogP contribution in [0.15, 0.2) is 18.7 Å². The summed E-state index contributed by atoms with van der Waals surface area (Å²) in [6, 6.07) is 0. The molecule has 0 saturated carbocycles. The summed E-state index contributed by atoms with van der Waals surface area (Å²) in [5.74, 6) is 0. The van der Waals surface area contributed by atoms with E-state index >= 15 is 0 Å². The topological polar surface area (TPSA) is 49.3 Å². The van der Waals surface area contributed by atoms with Crippen LogP contribution in [0.5, 0.6) is 0 Å². The Morgan fingerprint density at radius 1 is 1.64 bits per heavy atom. The van der Waals surface area contributed by atoms with Crippen LogP contribution in [0.4, 0.5) is 0 Å². The average molecular weight is 157 g/mol. The first-order valence-corrected chi connectivity index (χ1v) is 3.59. The van der Waals surface area contributed by atoms with Gasteiger partial charge in [0, 0.05) is 6.92 Å². The number of aliphatic hydroxyl groups is 2. The maximum atomic E-state index is 9.09. The van der Waals surface area contributed by atoms with Gasteiger partial charge in [-0.1, -0.05) is 0 Å². The summed E-state index contributed by atoms with van der Waals surface area (Å²) in [7, 11) is 0. The van der Waals surface area contributed by atoms with Crippen molar-refractivity contribution in [2.45, 2.75) is 19.7 Å². The van der Waals surface area contributed by atoms with Gasteiger partial charge in [-0.15, -0.1) is 0 Å². The van der Waals surface area contributed by atoms with Crippen molar-refractivity contribution in [3.8, 4) is 0 Å². The molecule has 0 aliphatic heterocycles. The lowest BCUT2D eigenvalue weighted by Crippen LogP contribution is -2.33. The molecule has 1 rings (SSSR count). The first kappa shape index (κ1) is 8.23. The van der Waals surface area contributed by atoms with Gasteiger partial charge in [-0.2, -0.15) is 0 Å². The molecule has 2 N–H and O–H groups in total. The highest BCUT2D eigenvalue weighted by atomic mass is 16.3.